The number of hydrogen-bond donors (Lipinski definition) is 2. The van der Waals surface area contributed by atoms with Crippen molar-refractivity contribution in [1.82, 2.24) is 0 Å². The van der Waals surface area contributed by atoms with Gasteiger partial charge in [-0.3, -0.25) is 0 Å². The summed E-state index contributed by atoms with van der Waals surface area (Å²) < 4.78 is 6.92. The summed E-state index contributed by atoms with van der Waals surface area (Å²) in [7, 11) is 0. The molecule has 0 unspecified atom stereocenters. The summed E-state index contributed by atoms with van der Waals surface area (Å²) >= 11 is 0. The van der Waals surface area contributed by atoms with Crippen molar-refractivity contribution in [1.29, 1.82) is 0 Å². The van der Waals surface area contributed by atoms with E-state index in [0.29, 0.717) is 29.4 Å². The lowest BCUT2D eigenvalue weighted by atomic mass is 9.57. The number of hydrogen-bond acceptors (Lipinski definition) is 3. The van der Waals surface area contributed by atoms with Crippen molar-refractivity contribution in [3.8, 4) is 5.75 Å². The highest BCUT2D eigenvalue weighted by Crippen LogP contribution is 2.56. The molecule has 2 saturated heterocycles. The average molecular weight is 434 g/mol. The molecule has 6 atom stereocenters. The molecular weight excluding hydrogens is 394 g/mol. The van der Waals surface area contributed by atoms with E-state index in [4.69, 9.17) is 10.5 Å². The SMILES string of the molecule is CC1(C)O[C@@]2([C@H]3CC[C@H](Cc4ccccc4)[C@@H](Cc4ccc(O)cc4)C3)CC[C@H]1[C@H](N)C2. The van der Waals surface area contributed by atoms with Gasteiger partial charge >= 0.3 is 0 Å². The van der Waals surface area contributed by atoms with Crippen molar-refractivity contribution >= 4 is 0 Å². The van der Waals surface area contributed by atoms with Crippen LogP contribution < -0.4 is 5.73 Å². The Morgan fingerprint density at radius 3 is 2.28 bits per heavy atom. The molecule has 2 heterocycles. The second-order valence-corrected chi connectivity index (χ2v) is 11.4. The molecule has 3 nitrogen and oxygen atoms in total. The largest absolute Gasteiger partial charge is 0.508 e. The van der Waals surface area contributed by atoms with E-state index in [1.54, 1.807) is 0 Å². The molecule has 4 aliphatic rings. The van der Waals surface area contributed by atoms with E-state index in [9.17, 15) is 5.11 Å². The van der Waals surface area contributed by atoms with Crippen LogP contribution in [0.1, 0.15) is 63.5 Å². The van der Waals surface area contributed by atoms with Crippen LogP contribution in [0.3, 0.4) is 0 Å². The number of fused-ring (bicyclic) bond motifs is 3. The van der Waals surface area contributed by atoms with Crippen molar-refractivity contribution in [2.75, 3.05) is 0 Å². The van der Waals surface area contributed by atoms with E-state index in [0.717, 1.165) is 19.3 Å². The Bertz CT molecular complexity index is 909. The first-order valence-electron chi connectivity index (χ1n) is 12.6. The number of benzene rings is 2. The van der Waals surface area contributed by atoms with Gasteiger partial charge < -0.3 is 15.6 Å². The van der Waals surface area contributed by atoms with Gasteiger partial charge in [-0.2, -0.15) is 0 Å². The molecule has 0 radical (unpaired) electrons. The number of aromatic hydroxyl groups is 1. The predicted octanol–water partition coefficient (Wildman–Crippen LogP) is 5.88. The minimum absolute atomic E-state index is 0.0391. The Morgan fingerprint density at radius 2 is 1.59 bits per heavy atom. The Labute approximate surface area is 193 Å². The van der Waals surface area contributed by atoms with Crippen LogP contribution in [-0.2, 0) is 17.6 Å². The fourth-order valence-corrected chi connectivity index (χ4v) is 7.44. The average Bonchev–Trinajstić information content (AvgIpc) is 2.76. The van der Waals surface area contributed by atoms with E-state index >= 15 is 0 Å². The second kappa shape index (κ2) is 8.50. The molecule has 32 heavy (non-hydrogen) atoms. The normalized spacial score (nSPS) is 36.2. The summed E-state index contributed by atoms with van der Waals surface area (Å²) in [5.41, 5.74) is 9.31. The van der Waals surface area contributed by atoms with Gasteiger partial charge in [-0.05, 0) is 106 Å². The van der Waals surface area contributed by atoms with E-state index in [2.05, 4.69) is 56.3 Å². The maximum atomic E-state index is 9.74. The molecule has 0 aromatic heterocycles. The van der Waals surface area contributed by atoms with Gasteiger partial charge in [0.05, 0.1) is 11.2 Å². The van der Waals surface area contributed by atoms with Gasteiger partial charge in [-0.25, -0.2) is 0 Å². The number of nitrogens with two attached hydrogens (primary N) is 1. The molecule has 0 spiro atoms. The Kier molecular flexibility index (Phi) is 5.84. The molecule has 4 fully saturated rings. The van der Waals surface area contributed by atoms with Crippen LogP contribution in [0.5, 0.6) is 5.75 Å². The molecule has 3 heteroatoms. The minimum Gasteiger partial charge on any atom is -0.508 e. The number of ether oxygens (including phenoxy) is 1. The van der Waals surface area contributed by atoms with Gasteiger partial charge in [0.25, 0.3) is 0 Å². The lowest BCUT2D eigenvalue weighted by molar-refractivity contribution is -0.269. The van der Waals surface area contributed by atoms with E-state index < -0.39 is 0 Å². The summed E-state index contributed by atoms with van der Waals surface area (Å²) in [5, 5.41) is 9.74. The highest BCUT2D eigenvalue weighted by atomic mass is 16.5. The lowest BCUT2D eigenvalue weighted by Gasteiger charge is -2.61. The van der Waals surface area contributed by atoms with Gasteiger partial charge in [0.15, 0.2) is 0 Å². The van der Waals surface area contributed by atoms with Gasteiger partial charge in [-0.15, -0.1) is 0 Å². The second-order valence-electron chi connectivity index (χ2n) is 11.4. The van der Waals surface area contributed by atoms with Gasteiger partial charge in [-0.1, -0.05) is 42.5 Å². The molecule has 2 aromatic rings. The van der Waals surface area contributed by atoms with E-state index in [1.807, 2.05) is 12.1 Å². The van der Waals surface area contributed by atoms with E-state index in [1.165, 1.54) is 43.2 Å². The van der Waals surface area contributed by atoms with Crippen LogP contribution in [-0.4, -0.2) is 22.4 Å². The standard InChI is InChI=1S/C29H39NO2/c1-28(2)26-14-15-29(32-28,19-27(26)30)24-11-10-22(16-20-6-4-3-5-7-20)23(18-24)17-21-8-12-25(31)13-9-21/h3-9,12-13,22-24,26-27,31H,10-11,14-19,30H2,1-2H3/t22-,23+,24+,26+,27-,29+/m1/s1. The molecule has 172 valence electrons. The Balaban J connectivity index is 1.38. The van der Waals surface area contributed by atoms with Crippen molar-refractivity contribution in [3.63, 3.8) is 0 Å². The fourth-order valence-electron chi connectivity index (χ4n) is 7.44. The minimum atomic E-state index is -0.108. The van der Waals surface area contributed by atoms with Crippen molar-refractivity contribution < 1.29 is 9.84 Å². The van der Waals surface area contributed by atoms with Crippen LogP contribution in [0, 0.1) is 23.7 Å². The van der Waals surface area contributed by atoms with Gasteiger partial charge in [0, 0.05) is 12.0 Å². The fraction of sp³-hybridized carbons (Fsp3) is 0.586. The smallest absolute Gasteiger partial charge is 0.115 e. The Morgan fingerprint density at radius 1 is 0.906 bits per heavy atom. The maximum absolute atomic E-state index is 9.74. The van der Waals surface area contributed by atoms with Crippen LogP contribution in [0.2, 0.25) is 0 Å². The summed E-state index contributed by atoms with van der Waals surface area (Å²) in [6.07, 6.45) is 9.35. The topological polar surface area (TPSA) is 55.5 Å². The first-order valence-corrected chi connectivity index (χ1v) is 12.6. The first-order chi connectivity index (χ1) is 15.3. The molecule has 2 bridgehead atoms. The van der Waals surface area contributed by atoms with Crippen LogP contribution in [0.4, 0.5) is 0 Å². The molecule has 2 saturated carbocycles. The van der Waals surface area contributed by atoms with E-state index in [-0.39, 0.29) is 17.2 Å². The van der Waals surface area contributed by atoms with Crippen LogP contribution in [0.25, 0.3) is 0 Å². The highest BCUT2D eigenvalue weighted by Gasteiger charge is 2.58. The predicted molar refractivity (Wildman–Crippen MR) is 129 cm³/mol. The van der Waals surface area contributed by atoms with Crippen molar-refractivity contribution in [3.05, 3.63) is 65.7 Å². The number of phenolic OH excluding ortho intramolecular Hbond substituents is 1. The Hall–Kier alpha value is -1.84. The third-order valence-electron chi connectivity index (χ3n) is 8.99. The van der Waals surface area contributed by atoms with Crippen LogP contribution in [0.15, 0.2) is 54.6 Å². The van der Waals surface area contributed by atoms with Crippen LogP contribution >= 0.6 is 0 Å². The zero-order chi connectivity index (χ0) is 22.3. The molecule has 6 rings (SSSR count). The maximum Gasteiger partial charge on any atom is 0.115 e. The first kappa shape index (κ1) is 22.0. The third kappa shape index (κ3) is 4.22. The monoisotopic (exact) mass is 433 g/mol. The molecule has 2 aromatic carbocycles. The quantitative estimate of drug-likeness (QED) is 0.619. The number of phenols is 1. The molecule has 2 aliphatic heterocycles. The molecule has 3 N–H and O–H groups in total. The summed E-state index contributed by atoms with van der Waals surface area (Å²) in [6.45, 7) is 4.53. The van der Waals surface area contributed by atoms with Gasteiger partial charge in [0.1, 0.15) is 5.75 Å². The van der Waals surface area contributed by atoms with Gasteiger partial charge in [0.2, 0.25) is 0 Å². The van der Waals surface area contributed by atoms with Crippen molar-refractivity contribution in [2.24, 2.45) is 29.4 Å². The highest BCUT2D eigenvalue weighted by molar-refractivity contribution is 5.26. The molecular formula is C29H39NO2. The molecule has 2 aliphatic carbocycles. The zero-order valence-electron chi connectivity index (χ0n) is 19.7. The third-order valence-corrected chi connectivity index (χ3v) is 8.99. The zero-order valence-corrected chi connectivity index (χ0v) is 19.7. The summed E-state index contributed by atoms with van der Waals surface area (Å²) in [5.74, 6) is 2.73. The number of rotatable bonds is 5. The molecule has 0 amide bonds. The summed E-state index contributed by atoms with van der Waals surface area (Å²) in [6, 6.07) is 19.1. The summed E-state index contributed by atoms with van der Waals surface area (Å²) in [4.78, 5) is 0. The lowest BCUT2D eigenvalue weighted by Crippen LogP contribution is -2.66. The van der Waals surface area contributed by atoms with Crippen molar-refractivity contribution in [2.45, 2.75) is 82.5 Å².